The normalized spacial score (nSPS) is 23.1. The van der Waals surface area contributed by atoms with Gasteiger partial charge in [-0.2, -0.15) is 0 Å². The molecule has 9 nitrogen and oxygen atoms in total. The number of rotatable bonds is 7. The highest BCUT2D eigenvalue weighted by Crippen LogP contribution is 2.32. The molecule has 2 aromatic carbocycles. The molecule has 2 aromatic rings. The van der Waals surface area contributed by atoms with Crippen molar-refractivity contribution in [2.24, 2.45) is 5.92 Å². The van der Waals surface area contributed by atoms with E-state index in [1.54, 1.807) is 30.1 Å². The maximum Gasteiger partial charge on any atom is 0.319 e. The molecular formula is C31H40N4O5. The number of hydrogen-bond donors (Lipinski definition) is 3. The molecule has 3 aliphatic rings. The van der Waals surface area contributed by atoms with Gasteiger partial charge in [0.1, 0.15) is 18.5 Å². The summed E-state index contributed by atoms with van der Waals surface area (Å²) in [5.74, 6) is 0.877. The number of ether oxygens (including phenoxy) is 2. The number of amides is 4. The largest absolute Gasteiger partial charge is 0.490 e. The van der Waals surface area contributed by atoms with Gasteiger partial charge in [-0.15, -0.1) is 0 Å². The highest BCUT2D eigenvalue weighted by molar-refractivity contribution is 5.99. The van der Waals surface area contributed by atoms with Gasteiger partial charge >= 0.3 is 6.03 Å². The fourth-order valence-electron chi connectivity index (χ4n) is 5.99. The van der Waals surface area contributed by atoms with Crippen LogP contribution in [-0.2, 0) is 16.1 Å². The number of nitrogens with zero attached hydrogens (tertiary/aromatic N) is 1. The Bertz CT molecular complexity index is 1180. The monoisotopic (exact) mass is 548 g/mol. The number of likely N-dealkylation sites (N-methyl/N-ethyl adjacent to an activating group) is 1. The van der Waals surface area contributed by atoms with Crippen molar-refractivity contribution >= 4 is 23.5 Å². The Balaban J connectivity index is 1.16. The zero-order valence-corrected chi connectivity index (χ0v) is 23.2. The number of hydrogen-bond acceptors (Lipinski definition) is 5. The van der Waals surface area contributed by atoms with Gasteiger partial charge < -0.3 is 30.3 Å². The molecule has 0 aromatic heterocycles. The summed E-state index contributed by atoms with van der Waals surface area (Å²) in [4.78, 5) is 40.3. The van der Waals surface area contributed by atoms with Crippen molar-refractivity contribution in [3.8, 4) is 5.75 Å². The highest BCUT2D eigenvalue weighted by atomic mass is 16.5. The van der Waals surface area contributed by atoms with Gasteiger partial charge in [-0.25, -0.2) is 4.79 Å². The number of benzene rings is 2. The van der Waals surface area contributed by atoms with E-state index in [4.69, 9.17) is 9.47 Å². The molecule has 0 radical (unpaired) electrons. The van der Waals surface area contributed by atoms with E-state index in [0.29, 0.717) is 42.3 Å². The predicted molar refractivity (Wildman–Crippen MR) is 152 cm³/mol. The predicted octanol–water partition coefficient (Wildman–Crippen LogP) is 4.48. The quantitative estimate of drug-likeness (QED) is 0.473. The molecule has 2 fully saturated rings. The molecule has 214 valence electrons. The van der Waals surface area contributed by atoms with E-state index >= 15 is 0 Å². The summed E-state index contributed by atoms with van der Waals surface area (Å²) in [5.41, 5.74) is 1.89. The standard InChI is InChI=1S/C31H40N4O5/c1-35-26-14-13-24(17-29(36)32-18-21-8-4-2-5-9-21)40-28(26)20-39-27-15-12-23(16-25(27)30(35)37)34-31(38)33-19-22-10-6-3-7-11-22/h3,6-7,10-12,15-16,21,24,26,28H,2,4-5,8-9,13-14,17-20H2,1H3,(H,32,36)(H2,33,34,38)/t24-,26+,28+/m1/s1. The number of nitrogens with one attached hydrogen (secondary N) is 3. The van der Waals surface area contributed by atoms with Gasteiger partial charge in [0.2, 0.25) is 5.91 Å². The minimum Gasteiger partial charge on any atom is -0.490 e. The summed E-state index contributed by atoms with van der Waals surface area (Å²) < 4.78 is 12.4. The number of anilines is 1. The first-order valence-corrected chi connectivity index (χ1v) is 14.5. The van der Waals surface area contributed by atoms with Crippen LogP contribution in [0.25, 0.3) is 0 Å². The summed E-state index contributed by atoms with van der Waals surface area (Å²) in [6.07, 6.45) is 7.44. The van der Waals surface area contributed by atoms with Crippen molar-refractivity contribution in [2.45, 2.75) is 76.2 Å². The fourth-order valence-corrected chi connectivity index (χ4v) is 5.99. The van der Waals surface area contributed by atoms with Crippen LogP contribution in [0.15, 0.2) is 48.5 Å². The molecule has 9 heteroatoms. The average Bonchev–Trinajstić information content (AvgIpc) is 2.98. The van der Waals surface area contributed by atoms with Crippen LogP contribution < -0.4 is 20.7 Å². The average molecular weight is 549 g/mol. The highest BCUT2D eigenvalue weighted by Gasteiger charge is 2.39. The van der Waals surface area contributed by atoms with E-state index in [1.165, 1.54) is 32.1 Å². The molecule has 3 atom stereocenters. The summed E-state index contributed by atoms with van der Waals surface area (Å²) >= 11 is 0. The van der Waals surface area contributed by atoms with Crippen LogP contribution >= 0.6 is 0 Å². The fraction of sp³-hybridized carbons (Fsp3) is 0.516. The molecule has 1 saturated heterocycles. The number of fused-ring (bicyclic) bond motifs is 2. The Kier molecular flexibility index (Phi) is 9.21. The van der Waals surface area contributed by atoms with E-state index in [1.807, 2.05) is 30.3 Å². The van der Waals surface area contributed by atoms with E-state index in [0.717, 1.165) is 18.5 Å². The van der Waals surface area contributed by atoms with Crippen LogP contribution in [0.2, 0.25) is 0 Å². The zero-order chi connectivity index (χ0) is 27.9. The van der Waals surface area contributed by atoms with Gasteiger partial charge in [-0.1, -0.05) is 49.6 Å². The molecule has 0 bridgehead atoms. The van der Waals surface area contributed by atoms with Crippen molar-refractivity contribution in [3.63, 3.8) is 0 Å². The maximum atomic E-state index is 13.5. The lowest BCUT2D eigenvalue weighted by Crippen LogP contribution is -2.54. The SMILES string of the molecule is CN1C(=O)c2cc(NC(=O)NCc3ccccc3)ccc2OC[C@@H]2O[C@@H](CC(=O)NCC3CCCCC3)CC[C@@H]21. The molecule has 0 unspecified atom stereocenters. The summed E-state index contributed by atoms with van der Waals surface area (Å²) in [6, 6.07) is 14.2. The Hall–Kier alpha value is -3.59. The van der Waals surface area contributed by atoms with Crippen LogP contribution in [0, 0.1) is 5.92 Å². The van der Waals surface area contributed by atoms with Crippen LogP contribution in [-0.4, -0.2) is 61.2 Å². The van der Waals surface area contributed by atoms with Gasteiger partial charge in [0.05, 0.1) is 24.1 Å². The molecule has 0 spiro atoms. The molecule has 40 heavy (non-hydrogen) atoms. The first kappa shape index (κ1) is 28.0. The Morgan fingerprint density at radius 2 is 1.77 bits per heavy atom. The lowest BCUT2D eigenvalue weighted by molar-refractivity contribution is -0.134. The Labute approximate surface area is 236 Å². The molecular weight excluding hydrogens is 508 g/mol. The minimum absolute atomic E-state index is 0.0309. The van der Waals surface area contributed by atoms with Crippen LogP contribution in [0.1, 0.15) is 67.3 Å². The smallest absolute Gasteiger partial charge is 0.319 e. The molecule has 2 heterocycles. The molecule has 2 aliphatic heterocycles. The molecule has 4 amide bonds. The number of urea groups is 1. The van der Waals surface area contributed by atoms with Gasteiger partial charge in [0, 0.05) is 25.8 Å². The Morgan fingerprint density at radius 1 is 0.975 bits per heavy atom. The van der Waals surface area contributed by atoms with E-state index in [-0.39, 0.29) is 42.7 Å². The van der Waals surface area contributed by atoms with Gasteiger partial charge in [0.25, 0.3) is 5.91 Å². The topological polar surface area (TPSA) is 109 Å². The van der Waals surface area contributed by atoms with Crippen molar-refractivity contribution in [1.29, 1.82) is 0 Å². The van der Waals surface area contributed by atoms with E-state index < -0.39 is 0 Å². The van der Waals surface area contributed by atoms with Crippen molar-refractivity contribution < 1.29 is 23.9 Å². The maximum absolute atomic E-state index is 13.5. The van der Waals surface area contributed by atoms with Gasteiger partial charge in [-0.3, -0.25) is 9.59 Å². The minimum atomic E-state index is -0.356. The number of carbonyl (C=O) groups is 3. The summed E-state index contributed by atoms with van der Waals surface area (Å²) in [6.45, 7) is 1.43. The van der Waals surface area contributed by atoms with Crippen molar-refractivity contribution in [3.05, 3.63) is 59.7 Å². The first-order chi connectivity index (χ1) is 19.5. The third kappa shape index (κ3) is 7.13. The van der Waals surface area contributed by atoms with Crippen LogP contribution in [0.3, 0.4) is 0 Å². The van der Waals surface area contributed by atoms with Gasteiger partial charge in [0.15, 0.2) is 0 Å². The van der Waals surface area contributed by atoms with Crippen molar-refractivity contribution in [2.75, 3.05) is 25.5 Å². The molecule has 3 N–H and O–H groups in total. The molecule has 1 saturated carbocycles. The zero-order valence-electron chi connectivity index (χ0n) is 23.2. The Morgan fingerprint density at radius 3 is 2.58 bits per heavy atom. The lowest BCUT2D eigenvalue weighted by Gasteiger charge is -2.42. The summed E-state index contributed by atoms with van der Waals surface area (Å²) in [7, 11) is 1.78. The molecule has 5 rings (SSSR count). The lowest BCUT2D eigenvalue weighted by atomic mass is 9.89. The second kappa shape index (κ2) is 13.2. The van der Waals surface area contributed by atoms with Crippen molar-refractivity contribution in [1.82, 2.24) is 15.5 Å². The van der Waals surface area contributed by atoms with Gasteiger partial charge in [-0.05, 0) is 55.4 Å². The number of carbonyl (C=O) groups excluding carboxylic acids is 3. The van der Waals surface area contributed by atoms with E-state index in [9.17, 15) is 14.4 Å². The third-order valence-electron chi connectivity index (χ3n) is 8.29. The third-order valence-corrected chi connectivity index (χ3v) is 8.29. The van der Waals surface area contributed by atoms with Crippen LogP contribution in [0.5, 0.6) is 5.75 Å². The second-order valence-corrected chi connectivity index (χ2v) is 11.2. The first-order valence-electron chi connectivity index (χ1n) is 14.5. The molecule has 1 aliphatic carbocycles. The summed E-state index contributed by atoms with van der Waals surface area (Å²) in [5, 5.41) is 8.74. The van der Waals surface area contributed by atoms with Crippen LogP contribution in [0.4, 0.5) is 10.5 Å². The second-order valence-electron chi connectivity index (χ2n) is 11.2. The van der Waals surface area contributed by atoms with E-state index in [2.05, 4.69) is 16.0 Å².